The van der Waals surface area contributed by atoms with Gasteiger partial charge in [0.1, 0.15) is 0 Å². The third-order valence-electron chi connectivity index (χ3n) is 16.3. The van der Waals surface area contributed by atoms with Gasteiger partial charge in [0.2, 0.25) is 5.91 Å². The van der Waals surface area contributed by atoms with E-state index in [-0.39, 0.29) is 18.5 Å². The summed E-state index contributed by atoms with van der Waals surface area (Å²) in [5.74, 6) is -0.0668. The lowest BCUT2D eigenvalue weighted by atomic mass is 10.0. The average molecular weight is 1110 g/mol. The molecule has 0 aliphatic carbocycles. The second-order valence-electron chi connectivity index (χ2n) is 24.2. The van der Waals surface area contributed by atoms with E-state index in [9.17, 15) is 19.8 Å². The predicted molar refractivity (Wildman–Crippen MR) is 347 cm³/mol. The molecule has 3 N–H and O–H groups in total. The fourth-order valence-electron chi connectivity index (χ4n) is 10.9. The Kier molecular flexibility index (Phi) is 66.4. The number of nitrogens with one attached hydrogen (secondary N) is 1. The molecule has 2 unspecified atom stereocenters. The highest BCUT2D eigenvalue weighted by Crippen LogP contribution is 2.18. The van der Waals surface area contributed by atoms with E-state index in [1.54, 1.807) is 6.08 Å². The zero-order chi connectivity index (χ0) is 57.1. The molecule has 0 rings (SSSR count). The van der Waals surface area contributed by atoms with E-state index in [0.717, 1.165) is 51.4 Å². The molecule has 0 aliphatic heterocycles. The Morgan fingerprint density at radius 2 is 0.633 bits per heavy atom. The molecule has 79 heavy (non-hydrogen) atoms. The molecule has 0 aromatic rings. The van der Waals surface area contributed by atoms with Crippen molar-refractivity contribution >= 4 is 11.9 Å². The van der Waals surface area contributed by atoms with Gasteiger partial charge in [-0.05, 0) is 89.9 Å². The molecule has 6 nitrogen and oxygen atoms in total. The van der Waals surface area contributed by atoms with Gasteiger partial charge in [0.15, 0.2) is 0 Å². The normalized spacial score (nSPS) is 12.8. The van der Waals surface area contributed by atoms with Crippen LogP contribution < -0.4 is 5.32 Å². The lowest BCUT2D eigenvalue weighted by Gasteiger charge is -2.20. The van der Waals surface area contributed by atoms with Crippen LogP contribution in [0.4, 0.5) is 0 Å². The number of allylic oxidation sites excluding steroid dienone is 7. The summed E-state index contributed by atoms with van der Waals surface area (Å²) in [4.78, 5) is 24.6. The van der Waals surface area contributed by atoms with Crippen LogP contribution in [0.5, 0.6) is 0 Å². The monoisotopic (exact) mass is 1110 g/mol. The Labute approximate surface area is 493 Å². The summed E-state index contributed by atoms with van der Waals surface area (Å²) in [5, 5.41) is 23.2. The van der Waals surface area contributed by atoms with Gasteiger partial charge in [-0.2, -0.15) is 0 Å². The minimum Gasteiger partial charge on any atom is -0.466 e. The minimum absolute atomic E-state index is 0.0000463. The number of amides is 1. The zero-order valence-electron chi connectivity index (χ0n) is 53.1. The van der Waals surface area contributed by atoms with Crippen LogP contribution in [-0.2, 0) is 14.3 Å². The summed E-state index contributed by atoms with van der Waals surface area (Å²) < 4.78 is 5.48. The third-order valence-corrected chi connectivity index (χ3v) is 16.3. The van der Waals surface area contributed by atoms with Crippen molar-refractivity contribution in [2.24, 2.45) is 0 Å². The Balaban J connectivity index is 3.43. The van der Waals surface area contributed by atoms with Gasteiger partial charge in [0.05, 0.1) is 25.4 Å². The van der Waals surface area contributed by atoms with Crippen LogP contribution in [0.2, 0.25) is 0 Å². The summed E-state index contributed by atoms with van der Waals surface area (Å²) in [7, 11) is 0. The van der Waals surface area contributed by atoms with Crippen LogP contribution in [0.25, 0.3) is 0 Å². The Morgan fingerprint density at radius 3 is 1.00 bits per heavy atom. The van der Waals surface area contributed by atoms with Gasteiger partial charge in [-0.25, -0.2) is 0 Å². The first-order chi connectivity index (χ1) is 39.0. The quantitative estimate of drug-likeness (QED) is 0.0320. The topological polar surface area (TPSA) is 95.9 Å². The van der Waals surface area contributed by atoms with E-state index < -0.39 is 12.1 Å². The predicted octanol–water partition coefficient (Wildman–Crippen LogP) is 22.9. The van der Waals surface area contributed by atoms with Crippen molar-refractivity contribution in [1.29, 1.82) is 0 Å². The van der Waals surface area contributed by atoms with Gasteiger partial charge in [-0.15, -0.1) is 0 Å². The fourth-order valence-corrected chi connectivity index (χ4v) is 10.9. The molecule has 0 aromatic heterocycles. The molecule has 6 heteroatoms. The lowest BCUT2D eigenvalue weighted by molar-refractivity contribution is -0.143. The van der Waals surface area contributed by atoms with E-state index in [2.05, 4.69) is 55.6 Å². The number of carbonyl (C=O) groups excluding carboxylic acids is 2. The molecule has 0 radical (unpaired) electrons. The molecule has 0 fully saturated rings. The maximum Gasteiger partial charge on any atom is 0.305 e. The summed E-state index contributed by atoms with van der Waals surface area (Å²) in [6.45, 7) is 4.90. The molecule has 2 atom stereocenters. The maximum absolute atomic E-state index is 12.5. The first kappa shape index (κ1) is 76.8. The number of carbonyl (C=O) groups is 2. The number of unbranched alkanes of at least 4 members (excludes halogenated alkanes) is 49. The highest BCUT2D eigenvalue weighted by atomic mass is 16.5. The van der Waals surface area contributed by atoms with Crippen LogP contribution in [0.1, 0.15) is 380 Å². The van der Waals surface area contributed by atoms with Crippen LogP contribution in [0.15, 0.2) is 48.6 Å². The van der Waals surface area contributed by atoms with Gasteiger partial charge in [0, 0.05) is 12.8 Å². The lowest BCUT2D eigenvalue weighted by Crippen LogP contribution is -2.45. The van der Waals surface area contributed by atoms with Gasteiger partial charge in [0.25, 0.3) is 0 Å². The number of aliphatic hydroxyl groups is 2. The minimum atomic E-state index is -0.848. The van der Waals surface area contributed by atoms with Crippen molar-refractivity contribution in [3.8, 4) is 0 Å². The molecule has 0 spiro atoms. The second-order valence-corrected chi connectivity index (χ2v) is 24.2. The van der Waals surface area contributed by atoms with Crippen molar-refractivity contribution in [2.75, 3.05) is 13.2 Å². The summed E-state index contributed by atoms with van der Waals surface area (Å²) >= 11 is 0. The number of rotatable bonds is 66. The van der Waals surface area contributed by atoms with Gasteiger partial charge in [-0.1, -0.05) is 326 Å². The molecule has 0 bridgehead atoms. The Hall–Kier alpha value is -2.18. The summed E-state index contributed by atoms with van der Waals surface area (Å²) in [6.07, 6.45) is 89.0. The molecule has 0 heterocycles. The third kappa shape index (κ3) is 64.8. The number of ether oxygens (including phenoxy) is 1. The van der Waals surface area contributed by atoms with Crippen molar-refractivity contribution in [3.63, 3.8) is 0 Å². The van der Waals surface area contributed by atoms with Gasteiger partial charge >= 0.3 is 5.97 Å². The smallest absolute Gasteiger partial charge is 0.305 e. The van der Waals surface area contributed by atoms with Crippen molar-refractivity contribution in [1.82, 2.24) is 5.32 Å². The van der Waals surface area contributed by atoms with E-state index in [0.29, 0.717) is 19.4 Å². The van der Waals surface area contributed by atoms with E-state index in [1.165, 1.54) is 302 Å². The molecule has 0 saturated carbocycles. The fraction of sp³-hybridized carbons (Fsp3) is 0.863. The summed E-state index contributed by atoms with van der Waals surface area (Å²) in [5.41, 5.74) is 0. The molecule has 0 aromatic carbocycles. The zero-order valence-corrected chi connectivity index (χ0v) is 53.1. The van der Waals surface area contributed by atoms with Gasteiger partial charge in [-0.3, -0.25) is 9.59 Å². The van der Waals surface area contributed by atoms with Crippen molar-refractivity contribution in [2.45, 2.75) is 392 Å². The van der Waals surface area contributed by atoms with E-state index >= 15 is 0 Å². The second kappa shape index (κ2) is 68.3. The number of hydrogen-bond donors (Lipinski definition) is 3. The van der Waals surface area contributed by atoms with E-state index in [1.807, 2.05) is 6.08 Å². The summed E-state index contributed by atoms with van der Waals surface area (Å²) in [6, 6.07) is -0.631. The molecule has 1 amide bonds. The van der Waals surface area contributed by atoms with Crippen LogP contribution in [0.3, 0.4) is 0 Å². The maximum atomic E-state index is 12.5. The molecule has 0 aliphatic rings. The Bertz CT molecular complexity index is 1320. The molecule has 464 valence electrons. The number of esters is 1. The van der Waals surface area contributed by atoms with Crippen LogP contribution in [0, 0.1) is 0 Å². The van der Waals surface area contributed by atoms with Crippen LogP contribution in [-0.4, -0.2) is 47.4 Å². The largest absolute Gasteiger partial charge is 0.466 e. The van der Waals surface area contributed by atoms with Crippen LogP contribution >= 0.6 is 0 Å². The average Bonchev–Trinajstić information content (AvgIpc) is 3.45. The highest BCUT2D eigenvalue weighted by molar-refractivity contribution is 5.76. The number of hydrogen-bond acceptors (Lipinski definition) is 5. The first-order valence-corrected chi connectivity index (χ1v) is 35.4. The highest BCUT2D eigenvalue weighted by Gasteiger charge is 2.18. The van der Waals surface area contributed by atoms with Gasteiger partial charge < -0.3 is 20.3 Å². The van der Waals surface area contributed by atoms with E-state index in [4.69, 9.17) is 4.74 Å². The van der Waals surface area contributed by atoms with Crippen molar-refractivity contribution in [3.05, 3.63) is 48.6 Å². The van der Waals surface area contributed by atoms with Crippen molar-refractivity contribution < 1.29 is 24.5 Å². The Morgan fingerprint density at radius 1 is 0.354 bits per heavy atom. The first-order valence-electron chi connectivity index (χ1n) is 35.4. The molecular formula is C73H137NO5. The standard InChI is InChI=1S/C73H137NO5/c1-3-5-7-9-11-13-15-17-19-20-21-28-31-34-38-41-45-49-53-57-61-65-71(76)70(69-75)74-72(77)66-62-58-54-50-46-42-39-35-32-29-26-24-22-23-25-27-30-33-36-40-44-48-52-56-60-64-68-79-73(78)67-63-59-55-51-47-43-37-18-16-14-12-10-8-6-4-2/h12,14,18,22,24,37,61,65,70-71,75-76H,3-11,13,15-17,19-21,23,25-36,38-60,62-64,66-69H2,1-2H3,(H,74,77)/b14-12-,24-22-,37-18-,65-61+. The number of aliphatic hydroxyl groups excluding tert-OH is 2. The molecular weight excluding hydrogens is 971 g/mol. The SMILES string of the molecule is CCCCC/C=C\C/C=C\CCCCCCCC(=O)OCCCCCCCCCCCCCC/C=C\CCCCCCCCCCCCC(=O)NC(CO)C(O)/C=C/CCCCCCCCCCCCCCCCCCCCC. The molecule has 0 saturated heterocycles.